The maximum absolute atomic E-state index is 12.5. The van der Waals surface area contributed by atoms with Crippen LogP contribution in [0.4, 0.5) is 4.79 Å². The fourth-order valence-corrected chi connectivity index (χ4v) is 4.84. The molecular formula is C31H24ClN3O2. The lowest BCUT2D eigenvalue weighted by molar-refractivity contribution is 0.134. The summed E-state index contributed by atoms with van der Waals surface area (Å²) in [4.78, 5) is 21.7. The van der Waals surface area contributed by atoms with Crippen LogP contribution in [0.15, 0.2) is 103 Å². The molecule has 1 amide bonds. The van der Waals surface area contributed by atoms with Gasteiger partial charge in [-0.3, -0.25) is 0 Å². The van der Waals surface area contributed by atoms with Crippen molar-refractivity contribution < 1.29 is 9.53 Å². The maximum atomic E-state index is 12.5. The molecular weight excluding hydrogens is 482 g/mol. The monoisotopic (exact) mass is 505 g/mol. The van der Waals surface area contributed by atoms with Crippen molar-refractivity contribution in [2.45, 2.75) is 25.0 Å². The van der Waals surface area contributed by atoms with Crippen molar-refractivity contribution in [3.8, 4) is 22.4 Å². The van der Waals surface area contributed by atoms with E-state index in [2.05, 4.69) is 52.8 Å². The van der Waals surface area contributed by atoms with Crippen LogP contribution in [0.5, 0.6) is 0 Å². The molecule has 5 aromatic rings. The number of aromatic nitrogens is 2. The van der Waals surface area contributed by atoms with Crippen LogP contribution in [0, 0.1) is 0 Å². The third kappa shape index (κ3) is 4.78. The summed E-state index contributed by atoms with van der Waals surface area (Å²) in [5.41, 5.74) is 6.32. The average molecular weight is 506 g/mol. The zero-order chi connectivity index (χ0) is 25.2. The van der Waals surface area contributed by atoms with Gasteiger partial charge in [0.25, 0.3) is 0 Å². The molecule has 6 rings (SSSR count). The number of rotatable bonds is 6. The van der Waals surface area contributed by atoms with Crippen molar-refractivity contribution in [2.75, 3.05) is 0 Å². The van der Waals surface area contributed by atoms with Crippen LogP contribution in [0.1, 0.15) is 24.0 Å². The van der Waals surface area contributed by atoms with Crippen LogP contribution >= 0.6 is 11.6 Å². The Balaban J connectivity index is 1.28. The Bertz CT molecular complexity index is 1570. The van der Waals surface area contributed by atoms with Crippen LogP contribution in [0.2, 0.25) is 5.15 Å². The molecule has 0 bridgehead atoms. The zero-order valence-electron chi connectivity index (χ0n) is 20.0. The summed E-state index contributed by atoms with van der Waals surface area (Å²) >= 11 is 6.40. The van der Waals surface area contributed by atoms with E-state index in [0.29, 0.717) is 5.15 Å². The number of fused-ring (bicyclic) bond motifs is 1. The number of hydrogen-bond acceptors (Lipinski definition) is 4. The summed E-state index contributed by atoms with van der Waals surface area (Å²) in [5.74, 6) is 0. The molecule has 2 aromatic heterocycles. The summed E-state index contributed by atoms with van der Waals surface area (Å²) in [5, 5.41) is 4.34. The highest BCUT2D eigenvalue weighted by Gasteiger charge is 2.46. The van der Waals surface area contributed by atoms with Crippen LogP contribution in [0.3, 0.4) is 0 Å². The highest BCUT2D eigenvalue weighted by Crippen LogP contribution is 2.46. The second-order valence-electron chi connectivity index (χ2n) is 9.27. The first-order chi connectivity index (χ1) is 18.1. The molecule has 0 radical (unpaired) electrons. The first-order valence-electron chi connectivity index (χ1n) is 12.2. The van der Waals surface area contributed by atoms with E-state index in [9.17, 15) is 4.79 Å². The third-order valence-corrected chi connectivity index (χ3v) is 7.10. The van der Waals surface area contributed by atoms with E-state index in [0.717, 1.165) is 57.3 Å². The molecule has 1 fully saturated rings. The molecule has 182 valence electrons. The Morgan fingerprint density at radius 2 is 1.59 bits per heavy atom. The number of carbonyl (C=O) groups is 1. The van der Waals surface area contributed by atoms with E-state index in [1.54, 1.807) is 6.20 Å². The maximum Gasteiger partial charge on any atom is 0.408 e. The van der Waals surface area contributed by atoms with Gasteiger partial charge in [0, 0.05) is 22.7 Å². The molecule has 1 aliphatic carbocycles. The minimum Gasteiger partial charge on any atom is -0.445 e. The lowest BCUT2D eigenvalue weighted by Gasteiger charge is -2.19. The fourth-order valence-electron chi connectivity index (χ4n) is 4.63. The van der Waals surface area contributed by atoms with E-state index in [4.69, 9.17) is 21.3 Å². The van der Waals surface area contributed by atoms with Crippen molar-refractivity contribution in [2.24, 2.45) is 0 Å². The summed E-state index contributed by atoms with van der Waals surface area (Å²) in [6.07, 6.45) is 3.02. The summed E-state index contributed by atoms with van der Waals surface area (Å²) < 4.78 is 5.46. The molecule has 3 aromatic carbocycles. The van der Waals surface area contributed by atoms with Crippen LogP contribution in [0.25, 0.3) is 33.3 Å². The first kappa shape index (κ1) is 23.2. The molecule has 0 aliphatic heterocycles. The number of nitrogens with zero attached hydrogens (tertiary/aromatic N) is 2. The standard InChI is InChI=1S/C31H24ClN3O2/c32-29-26-19-25(22-9-5-2-6-10-22)28(34-27(26)15-18-33-29)23-11-13-24(14-12-23)31(16-17-31)35-30(36)37-20-21-7-3-1-4-8-21/h1-15,18-19H,16-17,20H2,(H,35,36). The van der Waals surface area contributed by atoms with Crippen LogP contribution in [-0.4, -0.2) is 16.1 Å². The van der Waals surface area contributed by atoms with Gasteiger partial charge in [-0.1, -0.05) is 96.5 Å². The minimum atomic E-state index is -0.404. The number of ether oxygens (including phenoxy) is 1. The van der Waals surface area contributed by atoms with E-state index >= 15 is 0 Å². The zero-order valence-corrected chi connectivity index (χ0v) is 20.8. The average Bonchev–Trinajstić information content (AvgIpc) is 3.73. The Kier molecular flexibility index (Phi) is 6.07. The molecule has 37 heavy (non-hydrogen) atoms. The van der Waals surface area contributed by atoms with Crippen LogP contribution in [-0.2, 0) is 16.9 Å². The van der Waals surface area contributed by atoms with Crippen molar-refractivity contribution in [3.05, 3.63) is 120 Å². The lowest BCUT2D eigenvalue weighted by atomic mass is 9.96. The van der Waals surface area contributed by atoms with Gasteiger partial charge in [0.15, 0.2) is 0 Å². The van der Waals surface area contributed by atoms with Gasteiger partial charge in [-0.2, -0.15) is 0 Å². The number of hydrogen-bond donors (Lipinski definition) is 1. The molecule has 0 atom stereocenters. The van der Waals surface area contributed by atoms with Gasteiger partial charge < -0.3 is 10.1 Å². The van der Waals surface area contributed by atoms with Crippen LogP contribution < -0.4 is 5.32 Å². The van der Waals surface area contributed by atoms with Crippen molar-refractivity contribution in [3.63, 3.8) is 0 Å². The minimum absolute atomic E-state index is 0.247. The van der Waals surface area contributed by atoms with Gasteiger partial charge in [-0.25, -0.2) is 14.8 Å². The molecule has 0 saturated heterocycles. The molecule has 1 aliphatic rings. The van der Waals surface area contributed by atoms with Gasteiger partial charge in [0.05, 0.1) is 16.7 Å². The summed E-state index contributed by atoms with van der Waals surface area (Å²) in [6.45, 7) is 0.247. The smallest absolute Gasteiger partial charge is 0.408 e. The number of alkyl carbamates (subject to hydrolysis) is 1. The van der Waals surface area contributed by atoms with Crippen molar-refractivity contribution in [1.29, 1.82) is 0 Å². The number of amides is 1. The van der Waals surface area contributed by atoms with E-state index in [1.807, 2.05) is 54.6 Å². The quantitative estimate of drug-likeness (QED) is 0.242. The highest BCUT2D eigenvalue weighted by atomic mass is 35.5. The van der Waals surface area contributed by atoms with E-state index in [-0.39, 0.29) is 12.1 Å². The molecule has 0 spiro atoms. The molecule has 1 saturated carbocycles. The van der Waals surface area contributed by atoms with Gasteiger partial charge in [-0.15, -0.1) is 0 Å². The predicted octanol–water partition coefficient (Wildman–Crippen LogP) is 7.53. The lowest BCUT2D eigenvalue weighted by Crippen LogP contribution is -2.35. The SMILES string of the molecule is O=C(NC1(c2ccc(-c3nc4ccnc(Cl)c4cc3-c3ccccc3)cc2)CC1)OCc1ccccc1. The van der Waals surface area contributed by atoms with Gasteiger partial charge >= 0.3 is 6.09 Å². The Morgan fingerprint density at radius 1 is 0.892 bits per heavy atom. The Labute approximate surface area is 220 Å². The topological polar surface area (TPSA) is 64.1 Å². The summed E-state index contributed by atoms with van der Waals surface area (Å²) in [7, 11) is 0. The second-order valence-corrected chi connectivity index (χ2v) is 9.62. The van der Waals surface area contributed by atoms with E-state index in [1.165, 1.54) is 0 Å². The van der Waals surface area contributed by atoms with Gasteiger partial charge in [-0.05, 0) is 41.7 Å². The van der Waals surface area contributed by atoms with Crippen molar-refractivity contribution >= 4 is 28.6 Å². The van der Waals surface area contributed by atoms with Gasteiger partial charge in [0.1, 0.15) is 11.8 Å². The molecule has 6 heteroatoms. The second kappa shape index (κ2) is 9.68. The normalized spacial score (nSPS) is 13.8. The predicted molar refractivity (Wildman–Crippen MR) is 146 cm³/mol. The molecule has 0 unspecified atom stereocenters. The number of halogens is 1. The molecule has 2 heterocycles. The number of nitrogens with one attached hydrogen (secondary N) is 1. The molecule has 1 N–H and O–H groups in total. The Hall–Kier alpha value is -4.22. The highest BCUT2D eigenvalue weighted by molar-refractivity contribution is 6.34. The number of carbonyl (C=O) groups excluding carboxylic acids is 1. The largest absolute Gasteiger partial charge is 0.445 e. The third-order valence-electron chi connectivity index (χ3n) is 6.79. The van der Waals surface area contributed by atoms with E-state index < -0.39 is 6.09 Å². The Morgan fingerprint density at radius 3 is 2.30 bits per heavy atom. The molecule has 5 nitrogen and oxygen atoms in total. The number of pyridine rings is 2. The summed E-state index contributed by atoms with van der Waals surface area (Å²) in [6, 6.07) is 32.0. The van der Waals surface area contributed by atoms with Gasteiger partial charge in [0.2, 0.25) is 0 Å². The number of benzene rings is 3. The fraction of sp³-hybridized carbons (Fsp3) is 0.129. The van der Waals surface area contributed by atoms with Crippen molar-refractivity contribution in [1.82, 2.24) is 15.3 Å². The first-order valence-corrected chi connectivity index (χ1v) is 12.6.